The van der Waals surface area contributed by atoms with Crippen molar-refractivity contribution in [3.05, 3.63) is 59.4 Å². The molecule has 2 amide bonds. The lowest BCUT2D eigenvalue weighted by atomic mass is 10.1. The highest BCUT2D eigenvalue weighted by Gasteiger charge is 2.35. The third kappa shape index (κ3) is 4.57. The first-order valence-electron chi connectivity index (χ1n) is 10.9. The van der Waals surface area contributed by atoms with Gasteiger partial charge in [0.25, 0.3) is 5.91 Å². The largest absolute Gasteiger partial charge is 0.479 e. The van der Waals surface area contributed by atoms with Crippen molar-refractivity contribution in [2.45, 2.75) is 44.9 Å². The third-order valence-electron chi connectivity index (χ3n) is 5.79. The number of carbonyl (C=O) groups excluding carboxylic acids is 2. The van der Waals surface area contributed by atoms with Gasteiger partial charge in [-0.3, -0.25) is 9.59 Å². The Morgan fingerprint density at radius 3 is 2.67 bits per heavy atom. The first-order valence-corrected chi connectivity index (χ1v) is 11.3. The van der Waals surface area contributed by atoms with E-state index in [-0.39, 0.29) is 37.4 Å². The standard InChI is InChI=1S/C24H23ClN4O4/c1-15-24(31)28(19-4-2-3-5-20(19)32-15)13-12-22(30)29(18-10-11-18)14-21-26-27-23(33-21)16-6-8-17(25)9-7-16/h2-9,15,18H,10-14H2,1H3. The summed E-state index contributed by atoms with van der Waals surface area (Å²) in [5.41, 5.74) is 1.46. The van der Waals surface area contributed by atoms with Crippen LogP contribution < -0.4 is 9.64 Å². The molecule has 3 aromatic rings. The van der Waals surface area contributed by atoms with Crippen LogP contribution in [0, 0.1) is 0 Å². The van der Waals surface area contributed by atoms with Crippen molar-refractivity contribution in [1.82, 2.24) is 15.1 Å². The molecule has 5 rings (SSSR count). The fourth-order valence-corrected chi connectivity index (χ4v) is 4.05. The van der Waals surface area contributed by atoms with E-state index in [2.05, 4.69) is 10.2 Å². The van der Waals surface area contributed by atoms with E-state index >= 15 is 0 Å². The predicted octanol–water partition coefficient (Wildman–Crippen LogP) is 4.09. The number of benzene rings is 2. The first kappa shape index (κ1) is 21.5. The summed E-state index contributed by atoms with van der Waals surface area (Å²) >= 11 is 5.94. The minimum Gasteiger partial charge on any atom is -0.479 e. The van der Waals surface area contributed by atoms with Gasteiger partial charge in [0.05, 0.1) is 12.2 Å². The summed E-state index contributed by atoms with van der Waals surface area (Å²) in [5.74, 6) is 1.21. The fourth-order valence-electron chi connectivity index (χ4n) is 3.92. The summed E-state index contributed by atoms with van der Waals surface area (Å²) in [6.07, 6.45) is 1.50. The Kier molecular flexibility index (Phi) is 5.76. The van der Waals surface area contributed by atoms with Crippen LogP contribution in [-0.4, -0.2) is 45.6 Å². The second kappa shape index (κ2) is 8.86. The van der Waals surface area contributed by atoms with Crippen LogP contribution in [-0.2, 0) is 16.1 Å². The van der Waals surface area contributed by atoms with E-state index < -0.39 is 6.10 Å². The molecule has 1 aliphatic heterocycles. The Labute approximate surface area is 196 Å². The molecule has 1 atom stereocenters. The number of aromatic nitrogens is 2. The van der Waals surface area contributed by atoms with Crippen LogP contribution in [0.3, 0.4) is 0 Å². The van der Waals surface area contributed by atoms with Crippen molar-refractivity contribution in [1.29, 1.82) is 0 Å². The van der Waals surface area contributed by atoms with Gasteiger partial charge in [-0.15, -0.1) is 10.2 Å². The Morgan fingerprint density at radius 2 is 1.91 bits per heavy atom. The Bertz CT molecular complexity index is 1180. The summed E-state index contributed by atoms with van der Waals surface area (Å²) < 4.78 is 11.5. The monoisotopic (exact) mass is 466 g/mol. The van der Waals surface area contributed by atoms with Gasteiger partial charge in [-0.2, -0.15) is 0 Å². The number of rotatable bonds is 7. The predicted molar refractivity (Wildman–Crippen MR) is 122 cm³/mol. The van der Waals surface area contributed by atoms with Crippen molar-refractivity contribution in [3.63, 3.8) is 0 Å². The van der Waals surface area contributed by atoms with Crippen LogP contribution >= 0.6 is 11.6 Å². The number of amides is 2. The number of ether oxygens (including phenoxy) is 1. The van der Waals surface area contributed by atoms with E-state index in [0.29, 0.717) is 28.2 Å². The van der Waals surface area contributed by atoms with E-state index in [1.54, 1.807) is 28.9 Å². The minimum atomic E-state index is -0.584. The molecule has 1 unspecified atom stereocenters. The van der Waals surface area contributed by atoms with Gasteiger partial charge in [0.2, 0.25) is 17.7 Å². The van der Waals surface area contributed by atoms with Crippen molar-refractivity contribution < 1.29 is 18.7 Å². The lowest BCUT2D eigenvalue weighted by molar-refractivity contribution is -0.132. The zero-order chi connectivity index (χ0) is 22.9. The van der Waals surface area contributed by atoms with Crippen molar-refractivity contribution in [2.24, 2.45) is 0 Å². The molecular formula is C24H23ClN4O4. The summed E-state index contributed by atoms with van der Waals surface area (Å²) in [7, 11) is 0. The van der Waals surface area contributed by atoms with Crippen LogP contribution in [0.5, 0.6) is 5.75 Å². The maximum absolute atomic E-state index is 13.1. The highest BCUT2D eigenvalue weighted by atomic mass is 35.5. The molecule has 8 nitrogen and oxygen atoms in total. The van der Waals surface area contributed by atoms with Gasteiger partial charge in [0.15, 0.2) is 6.10 Å². The number of halogens is 1. The number of carbonyl (C=O) groups is 2. The second-order valence-electron chi connectivity index (χ2n) is 8.23. The highest BCUT2D eigenvalue weighted by Crippen LogP contribution is 2.34. The normalized spacial score (nSPS) is 17.5. The number of nitrogens with zero attached hydrogens (tertiary/aromatic N) is 4. The number of para-hydroxylation sites is 2. The molecule has 1 fully saturated rings. The zero-order valence-electron chi connectivity index (χ0n) is 18.1. The number of fused-ring (bicyclic) bond motifs is 1. The van der Waals surface area contributed by atoms with Gasteiger partial charge < -0.3 is 19.0 Å². The van der Waals surface area contributed by atoms with Gasteiger partial charge in [0.1, 0.15) is 5.75 Å². The Balaban J connectivity index is 1.27. The molecule has 33 heavy (non-hydrogen) atoms. The SMILES string of the molecule is CC1Oc2ccccc2N(CCC(=O)N(Cc2nnc(-c3ccc(Cl)cc3)o2)C2CC2)C1=O. The van der Waals surface area contributed by atoms with Crippen LogP contribution in [0.15, 0.2) is 52.9 Å². The molecule has 0 bridgehead atoms. The number of anilines is 1. The molecule has 0 N–H and O–H groups in total. The summed E-state index contributed by atoms with van der Waals surface area (Å²) in [6, 6.07) is 14.7. The Morgan fingerprint density at radius 1 is 1.15 bits per heavy atom. The van der Waals surface area contributed by atoms with E-state index in [1.807, 2.05) is 36.4 Å². The molecule has 1 aliphatic carbocycles. The average Bonchev–Trinajstić information content (AvgIpc) is 3.55. The quantitative estimate of drug-likeness (QED) is 0.521. The molecule has 2 aliphatic rings. The molecule has 2 heterocycles. The molecule has 0 saturated heterocycles. The van der Waals surface area contributed by atoms with Crippen LogP contribution in [0.2, 0.25) is 5.02 Å². The highest BCUT2D eigenvalue weighted by molar-refractivity contribution is 6.30. The smallest absolute Gasteiger partial charge is 0.267 e. The van der Waals surface area contributed by atoms with E-state index in [0.717, 1.165) is 18.4 Å². The number of hydrogen-bond donors (Lipinski definition) is 0. The molecule has 0 spiro atoms. The summed E-state index contributed by atoms with van der Waals surface area (Å²) in [6.45, 7) is 2.25. The van der Waals surface area contributed by atoms with Crippen LogP contribution in [0.1, 0.15) is 32.1 Å². The van der Waals surface area contributed by atoms with Gasteiger partial charge in [-0.25, -0.2) is 0 Å². The van der Waals surface area contributed by atoms with Crippen molar-refractivity contribution in [3.8, 4) is 17.2 Å². The lowest BCUT2D eigenvalue weighted by Gasteiger charge is -2.33. The van der Waals surface area contributed by atoms with E-state index in [4.69, 9.17) is 20.8 Å². The zero-order valence-corrected chi connectivity index (χ0v) is 18.9. The van der Waals surface area contributed by atoms with E-state index in [1.165, 1.54) is 0 Å². The topological polar surface area (TPSA) is 88.8 Å². The average molecular weight is 467 g/mol. The summed E-state index contributed by atoms with van der Waals surface area (Å²) in [4.78, 5) is 29.3. The maximum atomic E-state index is 13.1. The first-order chi connectivity index (χ1) is 16.0. The van der Waals surface area contributed by atoms with Crippen LogP contribution in [0.4, 0.5) is 5.69 Å². The van der Waals surface area contributed by atoms with Crippen molar-refractivity contribution >= 4 is 29.1 Å². The lowest BCUT2D eigenvalue weighted by Crippen LogP contribution is -2.46. The molecule has 1 saturated carbocycles. The molecule has 0 radical (unpaired) electrons. The third-order valence-corrected chi connectivity index (χ3v) is 6.05. The van der Waals surface area contributed by atoms with Gasteiger partial charge in [-0.05, 0) is 56.2 Å². The van der Waals surface area contributed by atoms with Gasteiger partial charge in [-0.1, -0.05) is 23.7 Å². The van der Waals surface area contributed by atoms with Gasteiger partial charge in [0, 0.05) is 29.6 Å². The van der Waals surface area contributed by atoms with Gasteiger partial charge >= 0.3 is 0 Å². The Hall–Kier alpha value is -3.39. The summed E-state index contributed by atoms with van der Waals surface area (Å²) in [5, 5.41) is 8.86. The minimum absolute atomic E-state index is 0.0480. The molecule has 170 valence electrons. The maximum Gasteiger partial charge on any atom is 0.267 e. The second-order valence-corrected chi connectivity index (χ2v) is 8.66. The molecule has 9 heteroatoms. The number of hydrogen-bond acceptors (Lipinski definition) is 6. The van der Waals surface area contributed by atoms with Crippen LogP contribution in [0.25, 0.3) is 11.5 Å². The molecule has 1 aromatic heterocycles. The molecular weight excluding hydrogens is 444 g/mol. The van der Waals surface area contributed by atoms with E-state index in [9.17, 15) is 9.59 Å². The van der Waals surface area contributed by atoms with Crippen molar-refractivity contribution in [2.75, 3.05) is 11.4 Å². The fraction of sp³-hybridized carbons (Fsp3) is 0.333. The molecule has 2 aromatic carbocycles.